The fourth-order valence-electron chi connectivity index (χ4n) is 3.96. The highest BCUT2D eigenvalue weighted by molar-refractivity contribution is 8.00. The molecule has 11 heteroatoms. The fourth-order valence-corrected chi connectivity index (χ4v) is 5.17. The average molecular weight is 489 g/mol. The number of fused-ring (bicyclic) bond motifs is 1. The lowest BCUT2D eigenvalue weighted by molar-refractivity contribution is -0.120. The van der Waals surface area contributed by atoms with Gasteiger partial charge in [-0.05, 0) is 24.6 Å². The number of ether oxygens (including phenoxy) is 1. The third-order valence-corrected chi connectivity index (χ3v) is 6.86. The maximum absolute atomic E-state index is 14.2. The minimum Gasteiger partial charge on any atom is -0.496 e. The van der Waals surface area contributed by atoms with Gasteiger partial charge in [-0.25, -0.2) is 18.4 Å². The quantitative estimate of drug-likeness (QED) is 0.546. The van der Waals surface area contributed by atoms with Gasteiger partial charge in [0.25, 0.3) is 0 Å². The van der Waals surface area contributed by atoms with Crippen molar-refractivity contribution >= 4 is 46.2 Å². The van der Waals surface area contributed by atoms with E-state index in [1.165, 1.54) is 40.6 Å². The highest BCUT2D eigenvalue weighted by Gasteiger charge is 2.35. The number of primary amides is 1. The molecule has 1 atom stereocenters. The Morgan fingerprint density at radius 3 is 2.71 bits per heavy atom. The number of benzene rings is 2. The number of nitrogens with two attached hydrogens (primary N) is 1. The van der Waals surface area contributed by atoms with Crippen molar-refractivity contribution in [3.05, 3.63) is 59.8 Å². The van der Waals surface area contributed by atoms with Crippen molar-refractivity contribution in [1.29, 1.82) is 0 Å². The first-order chi connectivity index (χ1) is 16.3. The Kier molecular flexibility index (Phi) is 6.73. The second kappa shape index (κ2) is 9.72. The van der Waals surface area contributed by atoms with E-state index >= 15 is 0 Å². The number of ketones is 1. The highest BCUT2D eigenvalue weighted by atomic mass is 32.2. The predicted octanol–water partition coefficient (Wildman–Crippen LogP) is 3.96. The second-order valence-corrected chi connectivity index (χ2v) is 8.81. The van der Waals surface area contributed by atoms with Gasteiger partial charge in [0.15, 0.2) is 17.4 Å². The van der Waals surface area contributed by atoms with E-state index in [4.69, 9.17) is 10.5 Å². The van der Waals surface area contributed by atoms with E-state index < -0.39 is 29.1 Å². The lowest BCUT2D eigenvalue weighted by atomic mass is 10.0. The first-order valence-electron chi connectivity index (χ1n) is 10.4. The van der Waals surface area contributed by atoms with E-state index in [9.17, 15) is 23.2 Å². The molecule has 4 rings (SSSR count). The van der Waals surface area contributed by atoms with Crippen molar-refractivity contribution in [3.8, 4) is 5.75 Å². The lowest BCUT2D eigenvalue weighted by Gasteiger charge is -2.23. The molecule has 178 valence electrons. The minimum atomic E-state index is -1.05. The largest absolute Gasteiger partial charge is 0.496 e. The molecule has 3 aromatic rings. The van der Waals surface area contributed by atoms with Crippen LogP contribution in [0.25, 0.3) is 10.9 Å². The van der Waals surface area contributed by atoms with E-state index in [2.05, 4.69) is 5.32 Å². The van der Waals surface area contributed by atoms with Crippen molar-refractivity contribution in [2.24, 2.45) is 5.73 Å². The Hall–Kier alpha value is -3.60. The zero-order valence-electron chi connectivity index (χ0n) is 18.2. The van der Waals surface area contributed by atoms with Crippen LogP contribution in [-0.2, 0) is 11.2 Å². The number of para-hydroxylation sites is 1. The van der Waals surface area contributed by atoms with Crippen LogP contribution < -0.4 is 15.8 Å². The maximum atomic E-state index is 14.2. The summed E-state index contributed by atoms with van der Waals surface area (Å²) in [4.78, 5) is 39.1. The van der Waals surface area contributed by atoms with Crippen LogP contribution in [-0.4, -0.2) is 52.1 Å². The summed E-state index contributed by atoms with van der Waals surface area (Å²) in [5.74, 6) is -1.65. The molecule has 1 aromatic heterocycles. The number of carbonyl (C=O) groups excluding carboxylic acids is 3. The van der Waals surface area contributed by atoms with Crippen LogP contribution in [0.4, 0.5) is 24.1 Å². The number of rotatable bonds is 6. The van der Waals surface area contributed by atoms with E-state index in [1.54, 1.807) is 24.3 Å². The van der Waals surface area contributed by atoms with Crippen LogP contribution in [0, 0.1) is 11.6 Å². The van der Waals surface area contributed by atoms with E-state index in [-0.39, 0.29) is 29.9 Å². The standard InChI is InChI=1S/C23H22F2N4O4S/c1-33-19-9-7-15(24)20(25)14(19)6-8-18(30)21-28(10-11-34-21)23(32)27-16-12-29(22(26)31)17-5-3-2-4-13(16)17/h2-5,7,9,12,21H,6,8,10-11H2,1H3,(H2,26,31)(H,27,32)/t21-/m0/s1. The summed E-state index contributed by atoms with van der Waals surface area (Å²) in [5, 5.41) is 2.61. The monoisotopic (exact) mass is 488 g/mol. The number of hydrogen-bond acceptors (Lipinski definition) is 5. The third-order valence-electron chi connectivity index (χ3n) is 5.61. The summed E-state index contributed by atoms with van der Waals surface area (Å²) in [7, 11) is 1.34. The molecule has 2 aromatic carbocycles. The second-order valence-electron chi connectivity index (χ2n) is 7.62. The highest BCUT2D eigenvalue weighted by Crippen LogP contribution is 2.31. The Morgan fingerprint density at radius 2 is 1.97 bits per heavy atom. The van der Waals surface area contributed by atoms with Crippen molar-refractivity contribution < 1.29 is 27.9 Å². The van der Waals surface area contributed by atoms with Crippen LogP contribution in [0.2, 0.25) is 0 Å². The molecule has 0 aliphatic carbocycles. The Balaban J connectivity index is 1.48. The summed E-state index contributed by atoms with van der Waals surface area (Å²) >= 11 is 1.30. The molecular formula is C23H22F2N4O4S. The first-order valence-corrected chi connectivity index (χ1v) is 11.5. The van der Waals surface area contributed by atoms with Gasteiger partial charge in [0, 0.05) is 35.9 Å². The number of nitrogens with one attached hydrogen (secondary N) is 1. The van der Waals surface area contributed by atoms with Gasteiger partial charge in [-0.3, -0.25) is 9.36 Å². The molecule has 3 amide bonds. The van der Waals surface area contributed by atoms with Gasteiger partial charge < -0.3 is 20.7 Å². The molecule has 2 heterocycles. The Labute approximate surface area is 198 Å². The Bertz CT molecular complexity index is 1280. The molecule has 1 saturated heterocycles. The molecule has 3 N–H and O–H groups in total. The van der Waals surface area contributed by atoms with Gasteiger partial charge in [-0.1, -0.05) is 18.2 Å². The third kappa shape index (κ3) is 4.43. The topological polar surface area (TPSA) is 107 Å². The van der Waals surface area contributed by atoms with Crippen LogP contribution in [0.3, 0.4) is 0 Å². The smallest absolute Gasteiger partial charge is 0.323 e. The summed E-state index contributed by atoms with van der Waals surface area (Å²) in [6.45, 7) is 0.332. The molecule has 0 bridgehead atoms. The van der Waals surface area contributed by atoms with Crippen molar-refractivity contribution in [1.82, 2.24) is 9.47 Å². The number of methoxy groups -OCH3 is 1. The van der Waals surface area contributed by atoms with Crippen LogP contribution >= 0.6 is 11.8 Å². The number of thioether (sulfide) groups is 1. The zero-order valence-corrected chi connectivity index (χ0v) is 19.0. The molecule has 1 aliphatic rings. The van der Waals surface area contributed by atoms with E-state index in [0.717, 1.165) is 6.07 Å². The number of urea groups is 1. The number of nitrogens with zero attached hydrogens (tertiary/aromatic N) is 2. The predicted molar refractivity (Wildman–Crippen MR) is 125 cm³/mol. The molecule has 1 aliphatic heterocycles. The van der Waals surface area contributed by atoms with Crippen LogP contribution in [0.15, 0.2) is 42.6 Å². The van der Waals surface area contributed by atoms with E-state index in [1.807, 2.05) is 0 Å². The molecule has 0 saturated carbocycles. The van der Waals surface area contributed by atoms with Crippen molar-refractivity contribution in [3.63, 3.8) is 0 Å². The number of aromatic nitrogens is 1. The number of halogens is 2. The van der Waals surface area contributed by atoms with Crippen LogP contribution in [0.5, 0.6) is 5.75 Å². The molecule has 8 nitrogen and oxygen atoms in total. The van der Waals surface area contributed by atoms with Crippen molar-refractivity contribution in [2.45, 2.75) is 18.2 Å². The lowest BCUT2D eigenvalue weighted by Crippen LogP contribution is -2.42. The number of carbonyl (C=O) groups is 3. The summed E-state index contributed by atoms with van der Waals surface area (Å²) < 4.78 is 34.2. The molecule has 0 unspecified atom stereocenters. The van der Waals surface area contributed by atoms with Gasteiger partial charge >= 0.3 is 12.1 Å². The number of hydrogen-bond donors (Lipinski definition) is 2. The molecule has 0 spiro atoms. The molecule has 1 fully saturated rings. The van der Waals surface area contributed by atoms with Gasteiger partial charge in [0.1, 0.15) is 11.1 Å². The number of anilines is 1. The number of amides is 3. The van der Waals surface area contributed by atoms with Gasteiger partial charge in [0.05, 0.1) is 18.3 Å². The van der Waals surface area contributed by atoms with Crippen molar-refractivity contribution in [2.75, 3.05) is 24.7 Å². The normalized spacial score (nSPS) is 15.5. The SMILES string of the molecule is COc1ccc(F)c(F)c1CCC(=O)[C@@H]1SCCN1C(=O)Nc1cn(C(N)=O)c2ccccc12. The summed E-state index contributed by atoms with van der Waals surface area (Å²) in [5.41, 5.74) is 6.33. The zero-order chi connectivity index (χ0) is 24.4. The number of Topliss-reactive ketones (excluding diaryl/α,β-unsaturated/α-hetero) is 1. The molecular weight excluding hydrogens is 466 g/mol. The first kappa shape index (κ1) is 23.6. The summed E-state index contributed by atoms with van der Waals surface area (Å²) in [6.07, 6.45) is 1.27. The summed E-state index contributed by atoms with van der Waals surface area (Å²) in [6, 6.07) is 8.03. The maximum Gasteiger partial charge on any atom is 0.323 e. The van der Waals surface area contributed by atoms with Crippen LogP contribution in [0.1, 0.15) is 12.0 Å². The minimum absolute atomic E-state index is 0.0193. The fraction of sp³-hybridized carbons (Fsp3) is 0.261. The average Bonchev–Trinajstić information content (AvgIpc) is 3.45. The van der Waals surface area contributed by atoms with Gasteiger partial charge in [-0.15, -0.1) is 11.8 Å². The van der Waals surface area contributed by atoms with Gasteiger partial charge in [0.2, 0.25) is 0 Å². The molecule has 34 heavy (non-hydrogen) atoms. The Morgan fingerprint density at radius 1 is 1.21 bits per heavy atom. The molecule has 0 radical (unpaired) electrons. The van der Waals surface area contributed by atoms with E-state index in [0.29, 0.717) is 28.9 Å². The van der Waals surface area contributed by atoms with Gasteiger partial charge in [-0.2, -0.15) is 0 Å².